The topological polar surface area (TPSA) is 79.5 Å². The van der Waals surface area contributed by atoms with Gasteiger partial charge in [-0.15, -0.1) is 0 Å². The summed E-state index contributed by atoms with van der Waals surface area (Å²) >= 11 is 3.31. The number of benzene rings is 1. The highest BCUT2D eigenvalue weighted by Crippen LogP contribution is 2.20. The second kappa shape index (κ2) is 6.38. The Morgan fingerprint density at radius 3 is 2.50 bits per heavy atom. The van der Waals surface area contributed by atoms with Crippen molar-refractivity contribution in [2.75, 3.05) is 0 Å². The van der Waals surface area contributed by atoms with Crippen LogP contribution < -0.4 is 5.32 Å². The lowest BCUT2D eigenvalue weighted by atomic mass is 10.0. The molecule has 0 aliphatic heterocycles. The fourth-order valence-corrected chi connectivity index (χ4v) is 2.02. The van der Waals surface area contributed by atoms with Crippen LogP contribution in [0.5, 0.6) is 0 Å². The molecule has 0 aliphatic rings. The third-order valence-corrected chi connectivity index (χ3v) is 3.27. The largest absolute Gasteiger partial charge is 0.481 e. The van der Waals surface area contributed by atoms with Gasteiger partial charge in [0.2, 0.25) is 0 Å². The van der Waals surface area contributed by atoms with Crippen LogP contribution >= 0.6 is 15.9 Å². The standard InChI is InChI=1S/C14H12BrNO4/c15-11-3-1-9(2-4-11)12(7-13(17)18)16-14(19)10-5-6-20-8-10/h1-6,8,12H,7H2,(H,16,19)(H,17,18). The van der Waals surface area contributed by atoms with Crippen molar-refractivity contribution in [2.24, 2.45) is 0 Å². The van der Waals surface area contributed by atoms with E-state index in [-0.39, 0.29) is 12.3 Å². The smallest absolute Gasteiger partial charge is 0.305 e. The minimum absolute atomic E-state index is 0.189. The molecule has 0 aliphatic carbocycles. The van der Waals surface area contributed by atoms with Crippen LogP contribution in [0.3, 0.4) is 0 Å². The fraction of sp³-hybridized carbons (Fsp3) is 0.143. The van der Waals surface area contributed by atoms with Crippen LogP contribution in [0.15, 0.2) is 51.7 Å². The first kappa shape index (κ1) is 14.3. The molecule has 2 N–H and O–H groups in total. The van der Waals surface area contributed by atoms with Gasteiger partial charge >= 0.3 is 5.97 Å². The van der Waals surface area contributed by atoms with E-state index in [1.165, 1.54) is 18.6 Å². The summed E-state index contributed by atoms with van der Waals surface area (Å²) in [6.45, 7) is 0. The summed E-state index contributed by atoms with van der Waals surface area (Å²) in [5, 5.41) is 11.7. The normalized spacial score (nSPS) is 11.8. The lowest BCUT2D eigenvalue weighted by molar-refractivity contribution is -0.137. The first-order valence-corrected chi connectivity index (χ1v) is 6.66. The van der Waals surface area contributed by atoms with Gasteiger partial charge in [-0.2, -0.15) is 0 Å². The molecule has 0 radical (unpaired) electrons. The van der Waals surface area contributed by atoms with Crippen LogP contribution in [0, 0.1) is 0 Å². The zero-order chi connectivity index (χ0) is 14.5. The van der Waals surface area contributed by atoms with Gasteiger partial charge in [0.1, 0.15) is 6.26 Å². The van der Waals surface area contributed by atoms with Gasteiger partial charge in [0, 0.05) is 4.47 Å². The molecule has 0 fully saturated rings. The summed E-state index contributed by atoms with van der Waals surface area (Å²) < 4.78 is 5.72. The van der Waals surface area contributed by atoms with E-state index in [2.05, 4.69) is 21.2 Å². The Bertz CT molecular complexity index is 592. The molecule has 0 saturated heterocycles. The fourth-order valence-electron chi connectivity index (χ4n) is 1.76. The molecule has 1 aromatic carbocycles. The predicted octanol–water partition coefficient (Wildman–Crippen LogP) is 2.99. The Morgan fingerprint density at radius 1 is 1.25 bits per heavy atom. The summed E-state index contributed by atoms with van der Waals surface area (Å²) in [7, 11) is 0. The lowest BCUT2D eigenvalue weighted by Crippen LogP contribution is -2.29. The molecular formula is C14H12BrNO4. The third-order valence-electron chi connectivity index (χ3n) is 2.74. The van der Waals surface area contributed by atoms with Crippen molar-refractivity contribution in [3.63, 3.8) is 0 Å². The quantitative estimate of drug-likeness (QED) is 0.878. The van der Waals surface area contributed by atoms with Crippen LogP contribution in [0.4, 0.5) is 0 Å². The van der Waals surface area contributed by atoms with Crippen LogP contribution in [0.2, 0.25) is 0 Å². The van der Waals surface area contributed by atoms with Gasteiger partial charge < -0.3 is 14.8 Å². The van der Waals surface area contributed by atoms with Crippen LogP contribution in [-0.4, -0.2) is 17.0 Å². The van der Waals surface area contributed by atoms with Crippen molar-refractivity contribution >= 4 is 27.8 Å². The second-order valence-electron chi connectivity index (χ2n) is 4.19. The van der Waals surface area contributed by atoms with Gasteiger partial charge in [0.15, 0.2) is 0 Å². The van der Waals surface area contributed by atoms with E-state index < -0.39 is 12.0 Å². The third kappa shape index (κ3) is 3.71. The van der Waals surface area contributed by atoms with Crippen LogP contribution in [0.25, 0.3) is 0 Å². The van der Waals surface area contributed by atoms with Gasteiger partial charge in [0.05, 0.1) is 24.3 Å². The maximum absolute atomic E-state index is 12.0. The molecule has 104 valence electrons. The van der Waals surface area contributed by atoms with Gasteiger partial charge in [-0.1, -0.05) is 28.1 Å². The number of hydrogen-bond acceptors (Lipinski definition) is 3. The van der Waals surface area contributed by atoms with Crippen molar-refractivity contribution in [2.45, 2.75) is 12.5 Å². The van der Waals surface area contributed by atoms with Crippen molar-refractivity contribution < 1.29 is 19.1 Å². The van der Waals surface area contributed by atoms with Gasteiger partial charge in [-0.25, -0.2) is 0 Å². The van der Waals surface area contributed by atoms with Gasteiger partial charge in [0.25, 0.3) is 5.91 Å². The highest BCUT2D eigenvalue weighted by molar-refractivity contribution is 9.10. The first-order valence-electron chi connectivity index (χ1n) is 5.86. The number of carbonyl (C=O) groups excluding carboxylic acids is 1. The van der Waals surface area contributed by atoms with E-state index in [0.29, 0.717) is 5.56 Å². The number of carboxylic acids is 1. The molecule has 2 rings (SSSR count). The van der Waals surface area contributed by atoms with Crippen LogP contribution in [0.1, 0.15) is 28.4 Å². The van der Waals surface area contributed by atoms with Gasteiger partial charge in [-0.05, 0) is 23.8 Å². The molecule has 1 unspecified atom stereocenters. The highest BCUT2D eigenvalue weighted by atomic mass is 79.9. The molecule has 1 amide bonds. The Kier molecular flexibility index (Phi) is 4.57. The van der Waals surface area contributed by atoms with E-state index >= 15 is 0 Å². The number of carbonyl (C=O) groups is 2. The molecule has 2 aromatic rings. The zero-order valence-corrected chi connectivity index (χ0v) is 12.0. The molecule has 6 heteroatoms. The first-order chi connectivity index (χ1) is 9.56. The summed E-state index contributed by atoms with van der Waals surface area (Å²) in [5.74, 6) is -1.35. The molecule has 0 saturated carbocycles. The van der Waals surface area contributed by atoms with E-state index in [9.17, 15) is 9.59 Å². The average Bonchev–Trinajstić information content (AvgIpc) is 2.92. The Labute approximate surface area is 123 Å². The number of nitrogens with one attached hydrogen (secondary N) is 1. The summed E-state index contributed by atoms with van der Waals surface area (Å²) in [6, 6.07) is 8.07. The Morgan fingerprint density at radius 2 is 1.95 bits per heavy atom. The number of amides is 1. The van der Waals surface area contributed by atoms with Crippen molar-refractivity contribution in [1.82, 2.24) is 5.32 Å². The molecular weight excluding hydrogens is 326 g/mol. The number of furan rings is 1. The zero-order valence-electron chi connectivity index (χ0n) is 10.4. The van der Waals surface area contributed by atoms with Crippen molar-refractivity contribution in [3.05, 3.63) is 58.5 Å². The maximum atomic E-state index is 12.0. The second-order valence-corrected chi connectivity index (χ2v) is 5.10. The molecule has 20 heavy (non-hydrogen) atoms. The van der Waals surface area contributed by atoms with E-state index in [1.807, 2.05) is 0 Å². The predicted molar refractivity (Wildman–Crippen MR) is 75.3 cm³/mol. The summed E-state index contributed by atoms with van der Waals surface area (Å²) in [5.41, 5.74) is 1.09. The Hall–Kier alpha value is -2.08. The minimum Gasteiger partial charge on any atom is -0.481 e. The highest BCUT2D eigenvalue weighted by Gasteiger charge is 2.19. The monoisotopic (exact) mass is 337 g/mol. The lowest BCUT2D eigenvalue weighted by Gasteiger charge is -2.17. The van der Waals surface area contributed by atoms with Crippen molar-refractivity contribution in [1.29, 1.82) is 0 Å². The Balaban J connectivity index is 2.17. The van der Waals surface area contributed by atoms with Gasteiger partial charge in [-0.3, -0.25) is 9.59 Å². The SMILES string of the molecule is O=C(O)CC(NC(=O)c1ccoc1)c1ccc(Br)cc1. The van der Waals surface area contributed by atoms with E-state index in [4.69, 9.17) is 9.52 Å². The minimum atomic E-state index is -0.981. The van der Waals surface area contributed by atoms with Crippen LogP contribution in [-0.2, 0) is 4.79 Å². The number of hydrogen-bond donors (Lipinski definition) is 2. The average molecular weight is 338 g/mol. The number of carboxylic acid groups (broad SMARTS) is 1. The van der Waals surface area contributed by atoms with E-state index in [1.54, 1.807) is 24.3 Å². The number of aliphatic carboxylic acids is 1. The summed E-state index contributed by atoms with van der Waals surface area (Å²) in [6.07, 6.45) is 2.51. The van der Waals surface area contributed by atoms with Crippen molar-refractivity contribution in [3.8, 4) is 0 Å². The number of rotatable bonds is 5. The molecule has 1 atom stereocenters. The van der Waals surface area contributed by atoms with E-state index in [0.717, 1.165) is 10.0 Å². The molecule has 1 aromatic heterocycles. The molecule has 0 bridgehead atoms. The number of halogens is 1. The summed E-state index contributed by atoms with van der Waals surface area (Å²) in [4.78, 5) is 22.9. The molecule has 1 heterocycles. The maximum Gasteiger partial charge on any atom is 0.305 e. The molecule has 5 nitrogen and oxygen atoms in total. The molecule has 0 spiro atoms.